The summed E-state index contributed by atoms with van der Waals surface area (Å²) in [5.41, 5.74) is -0.583. The number of thioether (sulfide) groups is 1. The molecule has 0 aliphatic rings. The number of amides is 2. The molecule has 0 aliphatic carbocycles. The Balaban J connectivity index is 2.72. The van der Waals surface area contributed by atoms with Crippen molar-refractivity contribution in [3.05, 3.63) is 29.6 Å². The number of hydrogen-bond acceptors (Lipinski definition) is 3. The van der Waals surface area contributed by atoms with Gasteiger partial charge in [-0.1, -0.05) is 0 Å². The lowest BCUT2D eigenvalue weighted by atomic mass is 10.2. The van der Waals surface area contributed by atoms with Crippen LogP contribution >= 0.6 is 11.8 Å². The Labute approximate surface area is 122 Å². The molecule has 0 saturated heterocycles. The lowest BCUT2D eigenvalue weighted by Crippen LogP contribution is -2.43. The third kappa shape index (κ3) is 4.85. The fourth-order valence-electron chi connectivity index (χ4n) is 1.43. The molecule has 0 bridgehead atoms. The minimum absolute atomic E-state index is 0.171. The molecule has 0 heterocycles. The molecule has 0 saturated carbocycles. The van der Waals surface area contributed by atoms with Gasteiger partial charge in [0.1, 0.15) is 6.04 Å². The smallest absolute Gasteiger partial charge is 0.326 e. The summed E-state index contributed by atoms with van der Waals surface area (Å²) in [4.78, 5) is 22.5. The van der Waals surface area contributed by atoms with Gasteiger partial charge in [-0.15, -0.1) is 0 Å². The predicted molar refractivity (Wildman–Crippen MR) is 72.9 cm³/mol. The monoisotopic (exact) mass is 322 g/mol. The van der Waals surface area contributed by atoms with Crippen molar-refractivity contribution in [2.75, 3.05) is 17.3 Å². The number of aliphatic carboxylic acids is 1. The quantitative estimate of drug-likeness (QED) is 0.703. The number of carboxylic acid groups (broad SMARTS) is 1. The zero-order valence-corrected chi connectivity index (χ0v) is 11.8. The number of urea groups is 1. The lowest BCUT2D eigenvalue weighted by molar-refractivity contribution is -0.139. The summed E-state index contributed by atoms with van der Waals surface area (Å²) >= 11 is 1.40. The van der Waals surface area contributed by atoms with Crippen molar-refractivity contribution in [1.29, 1.82) is 0 Å². The number of nitrogens with one attached hydrogen (secondary N) is 2. The van der Waals surface area contributed by atoms with Crippen molar-refractivity contribution in [3.63, 3.8) is 0 Å². The topological polar surface area (TPSA) is 78.4 Å². The molecule has 1 unspecified atom stereocenters. The third-order valence-electron chi connectivity index (χ3n) is 2.50. The molecule has 5 nitrogen and oxygen atoms in total. The molecule has 0 aliphatic heterocycles. The maximum atomic E-state index is 13.3. The first-order chi connectivity index (χ1) is 9.86. The maximum Gasteiger partial charge on any atom is 0.326 e. The Morgan fingerprint density at radius 3 is 2.52 bits per heavy atom. The van der Waals surface area contributed by atoms with E-state index in [0.29, 0.717) is 11.8 Å². The largest absolute Gasteiger partial charge is 0.480 e. The van der Waals surface area contributed by atoms with Crippen molar-refractivity contribution in [3.8, 4) is 0 Å². The van der Waals surface area contributed by atoms with Crippen LogP contribution in [0.5, 0.6) is 0 Å². The summed E-state index contributed by atoms with van der Waals surface area (Å²) < 4.78 is 39.1. The Hall–Kier alpha value is -1.90. The fourth-order valence-corrected chi connectivity index (χ4v) is 1.90. The molecule has 0 aromatic heterocycles. The van der Waals surface area contributed by atoms with Crippen molar-refractivity contribution in [2.45, 2.75) is 12.5 Å². The van der Waals surface area contributed by atoms with Gasteiger partial charge in [-0.2, -0.15) is 11.8 Å². The van der Waals surface area contributed by atoms with Gasteiger partial charge >= 0.3 is 12.0 Å². The van der Waals surface area contributed by atoms with Crippen LogP contribution in [0.25, 0.3) is 0 Å². The van der Waals surface area contributed by atoms with Crippen molar-refractivity contribution < 1.29 is 27.9 Å². The molecular formula is C12H13F3N2O3S. The second-order valence-electron chi connectivity index (χ2n) is 3.99. The standard InChI is InChI=1S/C12H13F3N2O3S/c1-21-5-4-8(11(18)19)17-12(20)16-7-3-2-6(13)9(14)10(7)15/h2-3,8H,4-5H2,1H3,(H,18,19)(H2,16,17,20). The van der Waals surface area contributed by atoms with Gasteiger partial charge in [0.15, 0.2) is 17.5 Å². The maximum absolute atomic E-state index is 13.3. The molecule has 1 rings (SSSR count). The number of hydrogen-bond donors (Lipinski definition) is 3. The highest BCUT2D eigenvalue weighted by molar-refractivity contribution is 7.98. The van der Waals surface area contributed by atoms with Gasteiger partial charge in [-0.3, -0.25) is 0 Å². The average Bonchev–Trinajstić information content (AvgIpc) is 2.43. The minimum Gasteiger partial charge on any atom is -0.480 e. The zero-order chi connectivity index (χ0) is 16.0. The first kappa shape index (κ1) is 17.2. The first-order valence-electron chi connectivity index (χ1n) is 5.79. The van der Waals surface area contributed by atoms with Gasteiger partial charge in [0, 0.05) is 0 Å². The summed E-state index contributed by atoms with van der Waals surface area (Å²) in [5.74, 6) is -5.41. The van der Waals surface area contributed by atoms with Crippen molar-refractivity contribution in [2.24, 2.45) is 0 Å². The number of halogens is 3. The molecule has 3 N–H and O–H groups in total. The SMILES string of the molecule is CSCCC(NC(=O)Nc1ccc(F)c(F)c1F)C(=O)O. The molecule has 1 atom stereocenters. The minimum atomic E-state index is -1.72. The average molecular weight is 322 g/mol. The van der Waals surface area contributed by atoms with E-state index in [1.165, 1.54) is 11.8 Å². The second-order valence-corrected chi connectivity index (χ2v) is 4.98. The van der Waals surface area contributed by atoms with Gasteiger partial charge in [-0.25, -0.2) is 22.8 Å². The molecule has 1 aromatic rings. The second kappa shape index (κ2) is 7.77. The molecule has 0 fully saturated rings. The zero-order valence-electron chi connectivity index (χ0n) is 11.0. The van der Waals surface area contributed by atoms with Gasteiger partial charge in [-0.05, 0) is 30.6 Å². The van der Waals surface area contributed by atoms with E-state index in [1.807, 2.05) is 5.32 Å². The van der Waals surface area contributed by atoms with Crippen LogP contribution in [-0.4, -0.2) is 35.2 Å². The number of carbonyl (C=O) groups is 2. The summed E-state index contributed by atoms with van der Waals surface area (Å²) in [6.07, 6.45) is 1.94. The summed E-state index contributed by atoms with van der Waals surface area (Å²) in [7, 11) is 0. The summed E-state index contributed by atoms with van der Waals surface area (Å²) in [6.45, 7) is 0. The van der Waals surface area contributed by atoms with Crippen LogP contribution in [0.15, 0.2) is 12.1 Å². The normalized spacial score (nSPS) is 11.8. The fraction of sp³-hybridized carbons (Fsp3) is 0.333. The van der Waals surface area contributed by atoms with E-state index in [0.717, 1.165) is 6.07 Å². The van der Waals surface area contributed by atoms with E-state index < -0.39 is 41.2 Å². The number of carbonyl (C=O) groups excluding carboxylic acids is 1. The molecule has 116 valence electrons. The molecule has 0 radical (unpaired) electrons. The Bertz CT molecular complexity index is 543. The van der Waals surface area contributed by atoms with Gasteiger partial charge in [0.05, 0.1) is 5.69 Å². The number of rotatable bonds is 6. The van der Waals surface area contributed by atoms with Gasteiger partial charge in [0.25, 0.3) is 0 Å². The van der Waals surface area contributed by atoms with Crippen molar-refractivity contribution >= 4 is 29.4 Å². The van der Waals surface area contributed by atoms with Crippen LogP contribution in [0.2, 0.25) is 0 Å². The molecule has 2 amide bonds. The number of carboxylic acids is 1. The van der Waals surface area contributed by atoms with Crippen LogP contribution in [0.3, 0.4) is 0 Å². The van der Waals surface area contributed by atoms with E-state index >= 15 is 0 Å². The number of anilines is 1. The van der Waals surface area contributed by atoms with E-state index in [1.54, 1.807) is 6.26 Å². The van der Waals surface area contributed by atoms with Crippen LogP contribution in [0.4, 0.5) is 23.7 Å². The van der Waals surface area contributed by atoms with Crippen molar-refractivity contribution in [1.82, 2.24) is 5.32 Å². The summed E-state index contributed by atoms with van der Waals surface area (Å²) in [5, 5.41) is 13.0. The third-order valence-corrected chi connectivity index (χ3v) is 3.14. The van der Waals surface area contributed by atoms with E-state index in [-0.39, 0.29) is 6.42 Å². The van der Waals surface area contributed by atoms with Crippen LogP contribution < -0.4 is 10.6 Å². The molecular weight excluding hydrogens is 309 g/mol. The highest BCUT2D eigenvalue weighted by Gasteiger charge is 2.21. The highest BCUT2D eigenvalue weighted by Crippen LogP contribution is 2.19. The Morgan fingerprint density at radius 1 is 1.29 bits per heavy atom. The van der Waals surface area contributed by atoms with E-state index in [9.17, 15) is 22.8 Å². The number of benzene rings is 1. The van der Waals surface area contributed by atoms with Crippen LogP contribution in [-0.2, 0) is 4.79 Å². The molecule has 21 heavy (non-hydrogen) atoms. The lowest BCUT2D eigenvalue weighted by Gasteiger charge is -2.15. The predicted octanol–water partition coefficient (Wildman–Crippen LogP) is 2.43. The van der Waals surface area contributed by atoms with Crippen LogP contribution in [0.1, 0.15) is 6.42 Å². The highest BCUT2D eigenvalue weighted by atomic mass is 32.2. The molecule has 9 heteroatoms. The molecule has 0 spiro atoms. The first-order valence-corrected chi connectivity index (χ1v) is 7.19. The Morgan fingerprint density at radius 2 is 1.95 bits per heavy atom. The van der Waals surface area contributed by atoms with Gasteiger partial charge in [0.2, 0.25) is 0 Å². The van der Waals surface area contributed by atoms with Crippen LogP contribution in [0, 0.1) is 17.5 Å². The Kier molecular flexibility index (Phi) is 6.35. The molecule has 1 aromatic carbocycles. The van der Waals surface area contributed by atoms with Gasteiger partial charge < -0.3 is 15.7 Å². The summed E-state index contributed by atoms with van der Waals surface area (Å²) in [6, 6.07) is -0.694. The van der Waals surface area contributed by atoms with E-state index in [2.05, 4.69) is 5.32 Å². The van der Waals surface area contributed by atoms with E-state index in [4.69, 9.17) is 5.11 Å².